The van der Waals surface area contributed by atoms with Gasteiger partial charge in [0.15, 0.2) is 11.5 Å². The summed E-state index contributed by atoms with van der Waals surface area (Å²) < 4.78 is 16.2. The molecule has 4 nitrogen and oxygen atoms in total. The summed E-state index contributed by atoms with van der Waals surface area (Å²) in [5.41, 5.74) is 1.18. The first-order valence-electron chi connectivity index (χ1n) is 7.45. The van der Waals surface area contributed by atoms with Gasteiger partial charge in [-0.15, -0.1) is 0 Å². The Kier molecular flexibility index (Phi) is 4.01. The fourth-order valence-electron chi connectivity index (χ4n) is 3.21. The SMILES string of the molecule is COc1cc(CNCC2CCCC2C)cc2c1OCO2. The average Bonchev–Trinajstić information content (AvgIpc) is 3.07. The molecule has 4 heteroatoms. The molecule has 0 amide bonds. The Hall–Kier alpha value is -1.42. The van der Waals surface area contributed by atoms with Crippen molar-refractivity contribution in [2.75, 3.05) is 20.4 Å². The molecule has 2 unspecified atom stereocenters. The van der Waals surface area contributed by atoms with Gasteiger partial charge in [-0.05, 0) is 42.5 Å². The van der Waals surface area contributed by atoms with Crippen molar-refractivity contribution >= 4 is 0 Å². The number of fused-ring (bicyclic) bond motifs is 1. The van der Waals surface area contributed by atoms with Crippen LogP contribution in [0, 0.1) is 11.8 Å². The number of rotatable bonds is 5. The maximum absolute atomic E-state index is 5.45. The quantitative estimate of drug-likeness (QED) is 0.898. The fourth-order valence-corrected chi connectivity index (χ4v) is 3.21. The molecule has 1 aliphatic heterocycles. The highest BCUT2D eigenvalue weighted by molar-refractivity contribution is 5.55. The molecular weight excluding hydrogens is 254 g/mol. The monoisotopic (exact) mass is 277 g/mol. The minimum Gasteiger partial charge on any atom is -0.493 e. The van der Waals surface area contributed by atoms with Gasteiger partial charge in [-0.25, -0.2) is 0 Å². The van der Waals surface area contributed by atoms with E-state index in [0.717, 1.165) is 42.2 Å². The fraction of sp³-hybridized carbons (Fsp3) is 0.625. The van der Waals surface area contributed by atoms with Gasteiger partial charge in [0.1, 0.15) is 0 Å². The molecule has 2 atom stereocenters. The molecule has 3 rings (SSSR count). The predicted octanol–water partition coefficient (Wildman–Crippen LogP) is 2.95. The molecule has 1 saturated carbocycles. The zero-order chi connectivity index (χ0) is 13.9. The third-order valence-corrected chi connectivity index (χ3v) is 4.49. The summed E-state index contributed by atoms with van der Waals surface area (Å²) in [6.07, 6.45) is 4.12. The molecule has 0 saturated heterocycles. The third kappa shape index (κ3) is 2.70. The van der Waals surface area contributed by atoms with Crippen LogP contribution in [-0.2, 0) is 6.54 Å². The van der Waals surface area contributed by atoms with E-state index in [-0.39, 0.29) is 6.79 Å². The minimum absolute atomic E-state index is 0.280. The van der Waals surface area contributed by atoms with E-state index in [2.05, 4.69) is 12.2 Å². The Balaban J connectivity index is 1.60. The maximum Gasteiger partial charge on any atom is 0.231 e. The molecule has 0 bridgehead atoms. The number of ether oxygens (including phenoxy) is 3. The predicted molar refractivity (Wildman–Crippen MR) is 77.3 cm³/mol. The first kappa shape index (κ1) is 13.6. The van der Waals surface area contributed by atoms with E-state index in [1.165, 1.54) is 24.8 Å². The second kappa shape index (κ2) is 5.92. The standard InChI is InChI=1S/C16H23NO3/c1-11-4-3-5-13(11)9-17-8-12-6-14(18-2)16-15(7-12)19-10-20-16/h6-7,11,13,17H,3-5,8-10H2,1-2H3. The van der Waals surface area contributed by atoms with Crippen molar-refractivity contribution in [3.63, 3.8) is 0 Å². The van der Waals surface area contributed by atoms with Crippen LogP contribution in [0.5, 0.6) is 17.2 Å². The lowest BCUT2D eigenvalue weighted by Crippen LogP contribution is -2.23. The second-order valence-electron chi connectivity index (χ2n) is 5.83. The summed E-state index contributed by atoms with van der Waals surface area (Å²) in [6, 6.07) is 4.06. The van der Waals surface area contributed by atoms with Crippen molar-refractivity contribution < 1.29 is 14.2 Å². The zero-order valence-electron chi connectivity index (χ0n) is 12.3. The summed E-state index contributed by atoms with van der Waals surface area (Å²) in [7, 11) is 1.66. The number of nitrogens with one attached hydrogen (secondary N) is 1. The van der Waals surface area contributed by atoms with Crippen LogP contribution in [0.1, 0.15) is 31.7 Å². The van der Waals surface area contributed by atoms with Crippen LogP contribution in [-0.4, -0.2) is 20.4 Å². The van der Waals surface area contributed by atoms with Crippen molar-refractivity contribution in [1.29, 1.82) is 0 Å². The van der Waals surface area contributed by atoms with Gasteiger partial charge < -0.3 is 19.5 Å². The van der Waals surface area contributed by atoms with Gasteiger partial charge in [0.2, 0.25) is 12.5 Å². The van der Waals surface area contributed by atoms with Crippen LogP contribution >= 0.6 is 0 Å². The third-order valence-electron chi connectivity index (χ3n) is 4.49. The molecule has 1 N–H and O–H groups in total. The summed E-state index contributed by atoms with van der Waals surface area (Å²) in [6.45, 7) is 4.58. The van der Waals surface area contributed by atoms with Gasteiger partial charge in [-0.2, -0.15) is 0 Å². The minimum atomic E-state index is 0.280. The molecule has 1 aromatic rings. The highest BCUT2D eigenvalue weighted by Crippen LogP contribution is 2.41. The second-order valence-corrected chi connectivity index (χ2v) is 5.83. The lowest BCUT2D eigenvalue weighted by molar-refractivity contribution is 0.171. The van der Waals surface area contributed by atoms with Gasteiger partial charge in [0, 0.05) is 6.54 Å². The van der Waals surface area contributed by atoms with E-state index in [0.29, 0.717) is 0 Å². The highest BCUT2D eigenvalue weighted by Gasteiger charge is 2.23. The van der Waals surface area contributed by atoms with Crippen molar-refractivity contribution in [1.82, 2.24) is 5.32 Å². The highest BCUT2D eigenvalue weighted by atomic mass is 16.7. The van der Waals surface area contributed by atoms with Crippen LogP contribution in [0.4, 0.5) is 0 Å². The van der Waals surface area contributed by atoms with Gasteiger partial charge in [-0.1, -0.05) is 19.8 Å². The van der Waals surface area contributed by atoms with Crippen LogP contribution < -0.4 is 19.5 Å². The summed E-state index contributed by atoms with van der Waals surface area (Å²) in [5, 5.41) is 3.56. The summed E-state index contributed by atoms with van der Waals surface area (Å²) >= 11 is 0. The van der Waals surface area contributed by atoms with Crippen LogP contribution in [0.2, 0.25) is 0 Å². The maximum atomic E-state index is 5.45. The van der Waals surface area contributed by atoms with Gasteiger partial charge in [-0.3, -0.25) is 0 Å². The number of hydrogen-bond acceptors (Lipinski definition) is 4. The lowest BCUT2D eigenvalue weighted by atomic mass is 9.98. The van der Waals surface area contributed by atoms with E-state index in [4.69, 9.17) is 14.2 Å². The molecule has 0 radical (unpaired) electrons. The Bertz CT molecular complexity index is 475. The molecule has 0 aromatic heterocycles. The smallest absolute Gasteiger partial charge is 0.231 e. The van der Waals surface area contributed by atoms with Gasteiger partial charge in [0.25, 0.3) is 0 Å². The number of benzene rings is 1. The van der Waals surface area contributed by atoms with E-state index in [1.54, 1.807) is 7.11 Å². The van der Waals surface area contributed by atoms with E-state index >= 15 is 0 Å². The molecular formula is C16H23NO3. The normalized spacial score (nSPS) is 24.1. The first-order valence-corrected chi connectivity index (χ1v) is 7.45. The zero-order valence-corrected chi connectivity index (χ0v) is 12.3. The lowest BCUT2D eigenvalue weighted by Gasteiger charge is -2.16. The van der Waals surface area contributed by atoms with E-state index in [9.17, 15) is 0 Å². The molecule has 20 heavy (non-hydrogen) atoms. The van der Waals surface area contributed by atoms with E-state index < -0.39 is 0 Å². The molecule has 1 aliphatic carbocycles. The van der Waals surface area contributed by atoms with Crippen LogP contribution in [0.25, 0.3) is 0 Å². The van der Waals surface area contributed by atoms with Crippen molar-refractivity contribution in [2.24, 2.45) is 11.8 Å². The number of hydrogen-bond donors (Lipinski definition) is 1. The topological polar surface area (TPSA) is 39.7 Å². The average molecular weight is 277 g/mol. The number of methoxy groups -OCH3 is 1. The molecule has 1 aromatic carbocycles. The summed E-state index contributed by atoms with van der Waals surface area (Å²) in [5.74, 6) is 3.95. The Morgan fingerprint density at radius 3 is 2.95 bits per heavy atom. The van der Waals surface area contributed by atoms with E-state index in [1.807, 2.05) is 12.1 Å². The molecule has 1 heterocycles. The Morgan fingerprint density at radius 1 is 1.30 bits per heavy atom. The van der Waals surface area contributed by atoms with Gasteiger partial charge >= 0.3 is 0 Å². The Morgan fingerprint density at radius 2 is 2.20 bits per heavy atom. The largest absolute Gasteiger partial charge is 0.493 e. The molecule has 1 fully saturated rings. The van der Waals surface area contributed by atoms with Crippen molar-refractivity contribution in [2.45, 2.75) is 32.7 Å². The van der Waals surface area contributed by atoms with Gasteiger partial charge in [0.05, 0.1) is 7.11 Å². The Labute approximate surface area is 120 Å². The molecule has 2 aliphatic rings. The van der Waals surface area contributed by atoms with Crippen molar-refractivity contribution in [3.8, 4) is 17.2 Å². The van der Waals surface area contributed by atoms with Crippen LogP contribution in [0.15, 0.2) is 12.1 Å². The molecule has 0 spiro atoms. The summed E-state index contributed by atoms with van der Waals surface area (Å²) in [4.78, 5) is 0. The molecule has 110 valence electrons. The van der Waals surface area contributed by atoms with Crippen LogP contribution in [0.3, 0.4) is 0 Å². The van der Waals surface area contributed by atoms with Crippen molar-refractivity contribution in [3.05, 3.63) is 17.7 Å². The first-order chi connectivity index (χ1) is 9.78.